The van der Waals surface area contributed by atoms with Crippen molar-refractivity contribution in [3.8, 4) is 0 Å². The molecule has 0 unspecified atom stereocenters. The van der Waals surface area contributed by atoms with E-state index < -0.39 is 0 Å². The van der Waals surface area contributed by atoms with Gasteiger partial charge in [0.05, 0.1) is 26.3 Å². The molecule has 2 aromatic rings. The third-order valence-corrected chi connectivity index (χ3v) is 6.48. The second kappa shape index (κ2) is 8.14. The first-order valence-corrected chi connectivity index (χ1v) is 10.3. The van der Waals surface area contributed by atoms with Gasteiger partial charge < -0.3 is 14.0 Å². The molecular formula is C24H32NO2+. The number of rotatable bonds is 6. The van der Waals surface area contributed by atoms with Gasteiger partial charge in [-0.25, -0.2) is 0 Å². The zero-order valence-electron chi connectivity index (χ0n) is 16.6. The van der Waals surface area contributed by atoms with Crippen LogP contribution < -0.4 is 0 Å². The third kappa shape index (κ3) is 4.43. The summed E-state index contributed by atoms with van der Waals surface area (Å²) in [5.41, 5.74) is 2.47. The van der Waals surface area contributed by atoms with E-state index in [1.807, 2.05) is 0 Å². The Morgan fingerprint density at radius 1 is 0.667 bits per heavy atom. The Bertz CT molecular complexity index is 654. The molecule has 0 aromatic heterocycles. The zero-order valence-corrected chi connectivity index (χ0v) is 16.6. The van der Waals surface area contributed by atoms with Gasteiger partial charge >= 0.3 is 0 Å². The van der Waals surface area contributed by atoms with E-state index in [0.29, 0.717) is 13.2 Å². The maximum absolute atomic E-state index is 6.41. The van der Waals surface area contributed by atoms with Crippen LogP contribution in [0.3, 0.4) is 0 Å². The first-order valence-electron chi connectivity index (χ1n) is 10.3. The van der Waals surface area contributed by atoms with Gasteiger partial charge in [0.1, 0.15) is 25.3 Å². The summed E-state index contributed by atoms with van der Waals surface area (Å²) in [7, 11) is 0. The highest BCUT2D eigenvalue weighted by atomic mass is 16.5. The molecule has 0 bridgehead atoms. The van der Waals surface area contributed by atoms with Crippen LogP contribution in [0.4, 0.5) is 0 Å². The first-order chi connectivity index (χ1) is 13.1. The second-order valence-electron chi connectivity index (χ2n) is 8.70. The van der Waals surface area contributed by atoms with Gasteiger partial charge in [0.15, 0.2) is 0 Å². The Morgan fingerprint density at radius 3 is 1.48 bits per heavy atom. The van der Waals surface area contributed by atoms with Crippen molar-refractivity contribution in [1.29, 1.82) is 0 Å². The molecule has 0 amide bonds. The number of nitrogens with zero attached hydrogens (tertiary/aromatic N) is 1. The quantitative estimate of drug-likeness (QED) is 0.711. The highest BCUT2D eigenvalue weighted by molar-refractivity contribution is 5.14. The van der Waals surface area contributed by atoms with E-state index in [-0.39, 0.29) is 12.2 Å². The molecule has 4 rings (SSSR count). The predicted molar refractivity (Wildman–Crippen MR) is 108 cm³/mol. The van der Waals surface area contributed by atoms with Crippen molar-refractivity contribution >= 4 is 0 Å². The summed E-state index contributed by atoms with van der Waals surface area (Å²) in [6, 6.07) is 21.0. The topological polar surface area (TPSA) is 18.5 Å². The van der Waals surface area contributed by atoms with E-state index in [0.717, 1.165) is 24.9 Å². The highest BCUT2D eigenvalue weighted by Crippen LogP contribution is 2.36. The van der Waals surface area contributed by atoms with Gasteiger partial charge in [0, 0.05) is 11.8 Å². The fraction of sp³-hybridized carbons (Fsp3) is 0.500. The summed E-state index contributed by atoms with van der Waals surface area (Å²) in [6.07, 6.45) is 0.345. The van der Waals surface area contributed by atoms with Gasteiger partial charge in [0.25, 0.3) is 0 Å². The Hall–Kier alpha value is -1.68. The Morgan fingerprint density at radius 2 is 1.07 bits per heavy atom. The molecule has 0 N–H and O–H groups in total. The summed E-state index contributed by atoms with van der Waals surface area (Å²) in [6.45, 7) is 10.8. The van der Waals surface area contributed by atoms with E-state index in [1.165, 1.54) is 28.7 Å². The van der Waals surface area contributed by atoms with Gasteiger partial charge in [-0.3, -0.25) is 0 Å². The smallest absolute Gasteiger partial charge is 0.138 e. The number of hydrogen-bond acceptors (Lipinski definition) is 2. The minimum Gasteiger partial charge on any atom is -0.365 e. The van der Waals surface area contributed by atoms with Crippen LogP contribution in [0.15, 0.2) is 60.7 Å². The fourth-order valence-electron chi connectivity index (χ4n) is 4.90. The number of ether oxygens (including phenoxy) is 2. The number of hydrogen-bond donors (Lipinski definition) is 0. The molecule has 1 spiro atoms. The Kier molecular flexibility index (Phi) is 5.63. The lowest BCUT2D eigenvalue weighted by Gasteiger charge is -2.29. The van der Waals surface area contributed by atoms with Crippen LogP contribution in [0.5, 0.6) is 0 Å². The largest absolute Gasteiger partial charge is 0.365 e. The van der Waals surface area contributed by atoms with Crippen molar-refractivity contribution < 1.29 is 14.0 Å². The molecule has 4 atom stereocenters. The lowest BCUT2D eigenvalue weighted by atomic mass is 10.0. The minimum absolute atomic E-state index is 0.173. The second-order valence-corrected chi connectivity index (χ2v) is 8.70. The summed E-state index contributed by atoms with van der Waals surface area (Å²) in [5, 5.41) is 0. The van der Waals surface area contributed by atoms with Gasteiger partial charge in [-0.1, -0.05) is 74.5 Å². The molecule has 27 heavy (non-hydrogen) atoms. The lowest BCUT2D eigenvalue weighted by molar-refractivity contribution is -0.910. The maximum atomic E-state index is 6.41. The standard InChI is InChI=1S/C24H32NO2/c1-19-13-25(14-20(19)2)15-23(26-17-21-9-5-3-6-10-21)24(16-25)27-18-22-11-7-4-8-12-22/h3-12,19-20,23-24H,13-18H2,1-2H3/q+1/t19-,20-,23-,24-/m0/s1. The maximum Gasteiger partial charge on any atom is 0.138 e. The fourth-order valence-corrected chi connectivity index (χ4v) is 4.90. The number of benzene rings is 2. The average molecular weight is 367 g/mol. The molecule has 0 radical (unpaired) electrons. The van der Waals surface area contributed by atoms with E-state index >= 15 is 0 Å². The lowest BCUT2D eigenvalue weighted by Crippen LogP contribution is -2.45. The van der Waals surface area contributed by atoms with Crippen molar-refractivity contribution in [3.05, 3.63) is 71.8 Å². The molecule has 2 saturated heterocycles. The molecule has 2 heterocycles. The molecular weight excluding hydrogens is 334 g/mol. The number of quaternary nitrogens is 1. The van der Waals surface area contributed by atoms with Gasteiger partial charge in [-0.05, 0) is 11.1 Å². The first kappa shape index (κ1) is 18.7. The molecule has 2 aliphatic heterocycles. The normalized spacial score (nSPS) is 29.4. The van der Waals surface area contributed by atoms with Gasteiger partial charge in [-0.15, -0.1) is 0 Å². The van der Waals surface area contributed by atoms with E-state index in [4.69, 9.17) is 9.47 Å². The molecule has 0 aliphatic carbocycles. The molecule has 3 heteroatoms. The van der Waals surface area contributed by atoms with Gasteiger partial charge in [-0.2, -0.15) is 0 Å². The monoisotopic (exact) mass is 366 g/mol. The Balaban J connectivity index is 1.43. The molecule has 144 valence electrons. The van der Waals surface area contributed by atoms with Crippen molar-refractivity contribution in [2.24, 2.45) is 11.8 Å². The van der Waals surface area contributed by atoms with Crippen molar-refractivity contribution in [2.45, 2.75) is 39.3 Å². The summed E-state index contributed by atoms with van der Waals surface area (Å²) in [4.78, 5) is 0. The van der Waals surface area contributed by atoms with Crippen LogP contribution in [0.1, 0.15) is 25.0 Å². The van der Waals surface area contributed by atoms with Crippen LogP contribution in [-0.4, -0.2) is 42.9 Å². The van der Waals surface area contributed by atoms with Crippen molar-refractivity contribution in [3.63, 3.8) is 0 Å². The summed E-state index contributed by atoms with van der Waals surface area (Å²) < 4.78 is 14.0. The molecule has 2 aromatic carbocycles. The predicted octanol–water partition coefficient (Wildman–Crippen LogP) is 4.27. The van der Waals surface area contributed by atoms with Crippen LogP contribution >= 0.6 is 0 Å². The van der Waals surface area contributed by atoms with E-state index in [2.05, 4.69) is 74.5 Å². The van der Waals surface area contributed by atoms with Crippen LogP contribution in [0.2, 0.25) is 0 Å². The SMILES string of the molecule is C[C@H]1C[N+]2(C[C@H](OCc3ccccc3)[C@@H](OCc3ccccc3)C2)C[C@@H]1C. The average Bonchev–Trinajstić information content (AvgIpc) is 3.17. The van der Waals surface area contributed by atoms with Crippen LogP contribution in [0.25, 0.3) is 0 Å². The van der Waals surface area contributed by atoms with Crippen molar-refractivity contribution in [1.82, 2.24) is 0 Å². The molecule has 0 saturated carbocycles. The highest BCUT2D eigenvalue weighted by Gasteiger charge is 2.51. The van der Waals surface area contributed by atoms with Crippen LogP contribution in [0, 0.1) is 11.8 Å². The van der Waals surface area contributed by atoms with E-state index in [9.17, 15) is 0 Å². The van der Waals surface area contributed by atoms with Crippen molar-refractivity contribution in [2.75, 3.05) is 26.2 Å². The van der Waals surface area contributed by atoms with E-state index in [1.54, 1.807) is 0 Å². The zero-order chi connectivity index (χ0) is 18.7. The Labute approximate surface area is 163 Å². The molecule has 2 fully saturated rings. The summed E-state index contributed by atoms with van der Waals surface area (Å²) in [5.74, 6) is 1.57. The third-order valence-electron chi connectivity index (χ3n) is 6.48. The van der Waals surface area contributed by atoms with Crippen LogP contribution in [-0.2, 0) is 22.7 Å². The van der Waals surface area contributed by atoms with Gasteiger partial charge in [0.2, 0.25) is 0 Å². The molecule has 3 nitrogen and oxygen atoms in total. The summed E-state index contributed by atoms with van der Waals surface area (Å²) >= 11 is 0. The molecule has 2 aliphatic rings. The minimum atomic E-state index is 0.173.